The van der Waals surface area contributed by atoms with Crippen LogP contribution >= 0.6 is 11.6 Å². The maximum Gasteiger partial charge on any atom is 0.278 e. The first-order valence-electron chi connectivity index (χ1n) is 8.47. The standard InChI is InChI=1S/C22H15ClN2O2/c23-17-12-10-15(11-13-17)20(26)14-25-19-9-5-4-8-18(19)24-21(22(25)27)16-6-2-1-3-7-16/h1-13H,14H2. The Morgan fingerprint density at radius 2 is 1.56 bits per heavy atom. The van der Waals surface area contributed by atoms with Crippen molar-refractivity contribution >= 4 is 28.4 Å². The van der Waals surface area contributed by atoms with Gasteiger partial charge in [0.25, 0.3) is 5.56 Å². The molecule has 0 aliphatic heterocycles. The molecule has 1 aromatic heterocycles. The van der Waals surface area contributed by atoms with E-state index < -0.39 is 0 Å². The van der Waals surface area contributed by atoms with Crippen LogP contribution in [0.15, 0.2) is 83.7 Å². The van der Waals surface area contributed by atoms with E-state index in [0.717, 1.165) is 5.56 Å². The van der Waals surface area contributed by atoms with Crippen molar-refractivity contribution in [3.8, 4) is 11.3 Å². The fraction of sp³-hybridized carbons (Fsp3) is 0.0455. The molecular formula is C22H15ClN2O2. The highest BCUT2D eigenvalue weighted by Crippen LogP contribution is 2.18. The second-order valence-corrected chi connectivity index (χ2v) is 6.57. The van der Waals surface area contributed by atoms with Crippen molar-refractivity contribution in [2.45, 2.75) is 6.54 Å². The zero-order chi connectivity index (χ0) is 18.8. The number of benzene rings is 3. The van der Waals surface area contributed by atoms with Crippen LogP contribution in [0.3, 0.4) is 0 Å². The van der Waals surface area contributed by atoms with Gasteiger partial charge in [-0.25, -0.2) is 4.98 Å². The molecule has 0 N–H and O–H groups in total. The van der Waals surface area contributed by atoms with Gasteiger partial charge in [0.15, 0.2) is 5.78 Å². The van der Waals surface area contributed by atoms with Crippen molar-refractivity contribution in [1.82, 2.24) is 9.55 Å². The van der Waals surface area contributed by atoms with Gasteiger partial charge in [-0.3, -0.25) is 14.2 Å². The Morgan fingerprint density at radius 3 is 2.30 bits per heavy atom. The molecule has 5 heteroatoms. The highest BCUT2D eigenvalue weighted by atomic mass is 35.5. The zero-order valence-electron chi connectivity index (χ0n) is 14.3. The van der Waals surface area contributed by atoms with Crippen molar-refractivity contribution in [2.75, 3.05) is 0 Å². The highest BCUT2D eigenvalue weighted by Gasteiger charge is 2.15. The molecule has 27 heavy (non-hydrogen) atoms. The SMILES string of the molecule is O=C(Cn1c(=O)c(-c2ccccc2)nc2ccccc21)c1ccc(Cl)cc1. The third kappa shape index (κ3) is 3.39. The predicted octanol–water partition coefficient (Wildman–Crippen LogP) is 4.60. The lowest BCUT2D eigenvalue weighted by molar-refractivity contribution is 0.0972. The molecule has 0 bridgehead atoms. The minimum Gasteiger partial charge on any atom is -0.297 e. The molecule has 132 valence electrons. The lowest BCUT2D eigenvalue weighted by Crippen LogP contribution is -2.27. The summed E-state index contributed by atoms with van der Waals surface area (Å²) in [6, 6.07) is 23.3. The van der Waals surface area contributed by atoms with Gasteiger partial charge in [-0.2, -0.15) is 0 Å². The van der Waals surface area contributed by atoms with Crippen LogP contribution in [-0.2, 0) is 6.54 Å². The topological polar surface area (TPSA) is 52.0 Å². The number of halogens is 1. The van der Waals surface area contributed by atoms with Crippen molar-refractivity contribution in [3.63, 3.8) is 0 Å². The zero-order valence-corrected chi connectivity index (χ0v) is 15.1. The van der Waals surface area contributed by atoms with Gasteiger partial charge in [0.2, 0.25) is 0 Å². The van der Waals surface area contributed by atoms with Gasteiger partial charge >= 0.3 is 0 Å². The van der Waals surface area contributed by atoms with Crippen LogP contribution in [0, 0.1) is 0 Å². The second kappa shape index (κ2) is 7.17. The molecule has 0 spiro atoms. The molecule has 3 aromatic carbocycles. The number of para-hydroxylation sites is 2. The number of aromatic nitrogens is 2. The molecule has 0 saturated carbocycles. The Hall–Kier alpha value is -3.24. The monoisotopic (exact) mass is 374 g/mol. The van der Waals surface area contributed by atoms with E-state index in [2.05, 4.69) is 4.98 Å². The quantitative estimate of drug-likeness (QED) is 0.490. The van der Waals surface area contributed by atoms with Gasteiger partial charge in [-0.1, -0.05) is 54.1 Å². The van der Waals surface area contributed by atoms with Crippen LogP contribution in [0.2, 0.25) is 5.02 Å². The third-order valence-corrected chi connectivity index (χ3v) is 4.62. The average molecular weight is 375 g/mol. The van der Waals surface area contributed by atoms with Crippen molar-refractivity contribution in [3.05, 3.63) is 99.8 Å². The van der Waals surface area contributed by atoms with Crippen LogP contribution < -0.4 is 5.56 Å². The summed E-state index contributed by atoms with van der Waals surface area (Å²) in [5, 5.41) is 0.560. The van der Waals surface area contributed by atoms with Crippen LogP contribution in [0.25, 0.3) is 22.3 Å². The van der Waals surface area contributed by atoms with Gasteiger partial charge < -0.3 is 0 Å². The number of nitrogens with zero attached hydrogens (tertiary/aromatic N) is 2. The van der Waals surface area contributed by atoms with Crippen molar-refractivity contribution < 1.29 is 4.79 Å². The molecule has 0 saturated heterocycles. The summed E-state index contributed by atoms with van der Waals surface area (Å²) in [4.78, 5) is 30.4. The molecule has 4 rings (SSSR count). The number of hydrogen-bond donors (Lipinski definition) is 0. The predicted molar refractivity (Wildman–Crippen MR) is 107 cm³/mol. The lowest BCUT2D eigenvalue weighted by atomic mass is 10.1. The largest absolute Gasteiger partial charge is 0.297 e. The summed E-state index contributed by atoms with van der Waals surface area (Å²) in [5.41, 5.74) is 2.57. The number of carbonyl (C=O) groups excluding carboxylic acids is 1. The first-order chi connectivity index (χ1) is 13.1. The van der Waals surface area contributed by atoms with E-state index in [1.165, 1.54) is 4.57 Å². The summed E-state index contributed by atoms with van der Waals surface area (Å²) in [7, 11) is 0. The van der Waals surface area contributed by atoms with Gasteiger partial charge in [-0.15, -0.1) is 0 Å². The minimum absolute atomic E-state index is 0.0661. The highest BCUT2D eigenvalue weighted by molar-refractivity contribution is 6.30. The maximum atomic E-state index is 13.1. The summed E-state index contributed by atoms with van der Waals surface area (Å²) < 4.78 is 1.49. The third-order valence-electron chi connectivity index (χ3n) is 4.37. The Morgan fingerprint density at radius 1 is 0.889 bits per heavy atom. The molecule has 0 fully saturated rings. The molecule has 4 nitrogen and oxygen atoms in total. The van der Waals surface area contributed by atoms with Crippen LogP contribution in [0.4, 0.5) is 0 Å². The van der Waals surface area contributed by atoms with Crippen LogP contribution in [-0.4, -0.2) is 15.3 Å². The van der Waals surface area contributed by atoms with Crippen molar-refractivity contribution in [1.29, 1.82) is 0 Å². The summed E-state index contributed by atoms with van der Waals surface area (Å²) in [5.74, 6) is -0.163. The fourth-order valence-corrected chi connectivity index (χ4v) is 3.13. The smallest absolute Gasteiger partial charge is 0.278 e. The lowest BCUT2D eigenvalue weighted by Gasteiger charge is -2.12. The van der Waals surface area contributed by atoms with E-state index in [-0.39, 0.29) is 17.9 Å². The van der Waals surface area contributed by atoms with Crippen LogP contribution in [0.1, 0.15) is 10.4 Å². The van der Waals surface area contributed by atoms with E-state index >= 15 is 0 Å². The number of Topliss-reactive ketones (excluding diaryl/α,β-unsaturated/α-hetero) is 1. The van der Waals surface area contributed by atoms with E-state index in [9.17, 15) is 9.59 Å². The number of fused-ring (bicyclic) bond motifs is 1. The molecule has 1 heterocycles. The molecule has 0 unspecified atom stereocenters. The van der Waals surface area contributed by atoms with Gasteiger partial charge in [0, 0.05) is 16.1 Å². The summed E-state index contributed by atoms with van der Waals surface area (Å²) >= 11 is 5.89. The Labute approximate surface area is 160 Å². The fourth-order valence-electron chi connectivity index (χ4n) is 3.00. The van der Waals surface area contributed by atoms with Gasteiger partial charge in [-0.05, 0) is 36.4 Å². The Kier molecular flexibility index (Phi) is 4.57. The van der Waals surface area contributed by atoms with Crippen molar-refractivity contribution in [2.24, 2.45) is 0 Å². The molecule has 0 atom stereocenters. The average Bonchev–Trinajstić information content (AvgIpc) is 2.71. The first-order valence-corrected chi connectivity index (χ1v) is 8.85. The Bertz CT molecular complexity index is 1180. The van der Waals surface area contributed by atoms with E-state index in [1.807, 2.05) is 48.5 Å². The summed E-state index contributed by atoms with van der Waals surface area (Å²) in [6.07, 6.45) is 0. The number of ketones is 1. The second-order valence-electron chi connectivity index (χ2n) is 6.14. The van der Waals surface area contributed by atoms with E-state index in [1.54, 1.807) is 30.3 Å². The van der Waals surface area contributed by atoms with Gasteiger partial charge in [0.05, 0.1) is 17.6 Å². The van der Waals surface area contributed by atoms with E-state index in [0.29, 0.717) is 27.3 Å². The molecule has 0 radical (unpaired) electrons. The minimum atomic E-state index is -0.290. The normalized spacial score (nSPS) is 10.9. The molecule has 0 amide bonds. The van der Waals surface area contributed by atoms with E-state index in [4.69, 9.17) is 11.6 Å². The summed E-state index contributed by atoms with van der Waals surface area (Å²) in [6.45, 7) is -0.0661. The molecule has 0 aliphatic rings. The molecule has 0 aliphatic carbocycles. The molecular weight excluding hydrogens is 360 g/mol. The number of carbonyl (C=O) groups is 1. The number of hydrogen-bond acceptors (Lipinski definition) is 3. The van der Waals surface area contributed by atoms with Crippen LogP contribution in [0.5, 0.6) is 0 Å². The molecule has 4 aromatic rings. The number of rotatable bonds is 4. The maximum absolute atomic E-state index is 13.1. The Balaban J connectivity index is 1.86. The first kappa shape index (κ1) is 17.2. The van der Waals surface area contributed by atoms with Gasteiger partial charge in [0.1, 0.15) is 5.69 Å².